The van der Waals surface area contributed by atoms with Crippen LogP contribution in [0.1, 0.15) is 39.2 Å². The Morgan fingerprint density at radius 1 is 1.28 bits per heavy atom. The standard InChI is InChI=1S/C21H32N4O3.HI/c1-5-19(26)25-9-8-16(13-25)24-20(22-4)23-14-21(2,3)15-6-7-17-18(12-15)28-11-10-27-17;/h6-7,12,16H,5,8-11,13-14H2,1-4H3,(H2,22,23,24);1H. The number of nitrogens with one attached hydrogen (secondary N) is 2. The Kier molecular flexibility index (Phi) is 8.42. The number of carbonyl (C=O) groups excluding carboxylic acids is 1. The van der Waals surface area contributed by atoms with Crippen molar-refractivity contribution < 1.29 is 14.3 Å². The molecule has 0 aromatic heterocycles. The zero-order valence-electron chi connectivity index (χ0n) is 17.8. The first-order valence-corrected chi connectivity index (χ1v) is 10.1. The lowest BCUT2D eigenvalue weighted by Gasteiger charge is -2.29. The Hall–Kier alpha value is -1.71. The van der Waals surface area contributed by atoms with Crippen LogP contribution in [0.25, 0.3) is 0 Å². The third-order valence-electron chi connectivity index (χ3n) is 5.43. The molecule has 2 heterocycles. The topological polar surface area (TPSA) is 75.2 Å². The maximum absolute atomic E-state index is 11.9. The van der Waals surface area contributed by atoms with Gasteiger partial charge < -0.3 is 25.0 Å². The molecular weight excluding hydrogens is 483 g/mol. The maximum atomic E-state index is 11.9. The summed E-state index contributed by atoms with van der Waals surface area (Å²) in [5, 5.41) is 6.89. The van der Waals surface area contributed by atoms with Crippen molar-refractivity contribution in [3.8, 4) is 11.5 Å². The van der Waals surface area contributed by atoms with Gasteiger partial charge in [0.1, 0.15) is 13.2 Å². The molecule has 2 aliphatic heterocycles. The van der Waals surface area contributed by atoms with Gasteiger partial charge in [0.15, 0.2) is 17.5 Å². The third kappa shape index (κ3) is 5.90. The van der Waals surface area contributed by atoms with Crippen LogP contribution in [0, 0.1) is 0 Å². The van der Waals surface area contributed by atoms with Crippen LogP contribution >= 0.6 is 24.0 Å². The number of ether oxygens (including phenoxy) is 2. The lowest BCUT2D eigenvalue weighted by atomic mass is 9.84. The maximum Gasteiger partial charge on any atom is 0.222 e. The minimum Gasteiger partial charge on any atom is -0.486 e. The molecule has 0 spiro atoms. The quantitative estimate of drug-likeness (QED) is 0.358. The SMILES string of the molecule is CCC(=O)N1CCC(NC(=NC)NCC(C)(C)c2ccc3c(c2)OCCO3)C1.I. The van der Waals surface area contributed by atoms with E-state index in [9.17, 15) is 4.79 Å². The van der Waals surface area contributed by atoms with Gasteiger partial charge in [0.05, 0.1) is 0 Å². The Morgan fingerprint density at radius 2 is 2.00 bits per heavy atom. The first kappa shape index (κ1) is 23.6. The van der Waals surface area contributed by atoms with Crippen molar-refractivity contribution in [3.05, 3.63) is 23.8 Å². The first-order chi connectivity index (χ1) is 13.4. The van der Waals surface area contributed by atoms with Gasteiger partial charge in [-0.05, 0) is 24.1 Å². The summed E-state index contributed by atoms with van der Waals surface area (Å²) in [6.07, 6.45) is 1.50. The number of benzene rings is 1. The van der Waals surface area contributed by atoms with E-state index >= 15 is 0 Å². The predicted molar refractivity (Wildman–Crippen MR) is 126 cm³/mol. The molecule has 162 valence electrons. The van der Waals surface area contributed by atoms with E-state index in [0.717, 1.165) is 43.5 Å². The zero-order valence-corrected chi connectivity index (χ0v) is 20.1. The summed E-state index contributed by atoms with van der Waals surface area (Å²) in [6, 6.07) is 6.38. The molecule has 0 radical (unpaired) electrons. The van der Waals surface area contributed by atoms with Crippen molar-refractivity contribution in [2.75, 3.05) is 39.9 Å². The number of rotatable bonds is 5. The number of fused-ring (bicyclic) bond motifs is 1. The molecule has 0 saturated carbocycles. The summed E-state index contributed by atoms with van der Waals surface area (Å²) in [5.41, 5.74) is 1.06. The predicted octanol–water partition coefficient (Wildman–Crippen LogP) is 2.53. The Bertz CT molecular complexity index is 739. The first-order valence-electron chi connectivity index (χ1n) is 10.1. The average molecular weight is 516 g/mol. The fourth-order valence-electron chi connectivity index (χ4n) is 3.59. The minimum atomic E-state index is -0.118. The van der Waals surface area contributed by atoms with Crippen LogP contribution in [-0.4, -0.2) is 62.7 Å². The van der Waals surface area contributed by atoms with Crippen LogP contribution in [-0.2, 0) is 10.2 Å². The molecule has 2 aliphatic rings. The number of nitrogens with zero attached hydrogens (tertiary/aromatic N) is 2. The van der Waals surface area contributed by atoms with Gasteiger partial charge in [-0.1, -0.05) is 26.8 Å². The largest absolute Gasteiger partial charge is 0.486 e. The average Bonchev–Trinajstić information content (AvgIpc) is 3.18. The van der Waals surface area contributed by atoms with E-state index < -0.39 is 0 Å². The molecule has 29 heavy (non-hydrogen) atoms. The van der Waals surface area contributed by atoms with E-state index in [2.05, 4.69) is 41.6 Å². The van der Waals surface area contributed by atoms with Gasteiger partial charge in [0.2, 0.25) is 5.91 Å². The second-order valence-corrected chi connectivity index (χ2v) is 7.99. The van der Waals surface area contributed by atoms with Gasteiger partial charge in [-0.15, -0.1) is 24.0 Å². The highest BCUT2D eigenvalue weighted by Crippen LogP contribution is 2.34. The molecule has 1 aromatic rings. The highest BCUT2D eigenvalue weighted by atomic mass is 127. The number of halogens is 1. The molecule has 1 aromatic carbocycles. The lowest BCUT2D eigenvalue weighted by Crippen LogP contribution is -2.48. The highest BCUT2D eigenvalue weighted by molar-refractivity contribution is 14.0. The molecule has 1 saturated heterocycles. The van der Waals surface area contributed by atoms with Gasteiger partial charge in [0.25, 0.3) is 0 Å². The molecule has 1 unspecified atom stereocenters. The monoisotopic (exact) mass is 516 g/mol. The summed E-state index contributed by atoms with van der Waals surface area (Å²) in [4.78, 5) is 18.1. The van der Waals surface area contributed by atoms with Crippen LogP contribution < -0.4 is 20.1 Å². The highest BCUT2D eigenvalue weighted by Gasteiger charge is 2.27. The number of amides is 1. The van der Waals surface area contributed by atoms with Crippen LogP contribution in [0.15, 0.2) is 23.2 Å². The van der Waals surface area contributed by atoms with Gasteiger partial charge in [-0.3, -0.25) is 9.79 Å². The smallest absolute Gasteiger partial charge is 0.222 e. The summed E-state index contributed by atoms with van der Waals surface area (Å²) >= 11 is 0. The molecule has 0 bridgehead atoms. The fraction of sp³-hybridized carbons (Fsp3) is 0.619. The molecule has 1 atom stereocenters. The number of guanidine groups is 1. The van der Waals surface area contributed by atoms with E-state index in [1.54, 1.807) is 7.05 Å². The molecule has 7 nitrogen and oxygen atoms in total. The molecule has 8 heteroatoms. The molecule has 2 N–H and O–H groups in total. The van der Waals surface area contributed by atoms with Crippen LogP contribution in [0.2, 0.25) is 0 Å². The van der Waals surface area contributed by atoms with E-state index in [4.69, 9.17) is 9.47 Å². The van der Waals surface area contributed by atoms with Gasteiger partial charge >= 0.3 is 0 Å². The molecule has 1 fully saturated rings. The Balaban J connectivity index is 0.00000300. The van der Waals surface area contributed by atoms with Crippen LogP contribution in [0.3, 0.4) is 0 Å². The minimum absolute atomic E-state index is 0. The van der Waals surface area contributed by atoms with E-state index in [0.29, 0.717) is 19.6 Å². The van der Waals surface area contributed by atoms with E-state index in [1.165, 1.54) is 5.56 Å². The van der Waals surface area contributed by atoms with Crippen molar-refractivity contribution in [2.24, 2.45) is 4.99 Å². The Labute approximate surface area is 190 Å². The summed E-state index contributed by atoms with van der Waals surface area (Å²) in [5.74, 6) is 2.60. The molecular formula is C21H33IN4O3. The fourth-order valence-corrected chi connectivity index (χ4v) is 3.59. The Morgan fingerprint density at radius 3 is 2.69 bits per heavy atom. The molecule has 3 rings (SSSR count). The van der Waals surface area contributed by atoms with Crippen LogP contribution in [0.4, 0.5) is 0 Å². The summed E-state index contributed by atoms with van der Waals surface area (Å²) < 4.78 is 11.3. The van der Waals surface area contributed by atoms with Gasteiger partial charge in [-0.2, -0.15) is 0 Å². The van der Waals surface area contributed by atoms with Crippen molar-refractivity contribution in [1.29, 1.82) is 0 Å². The molecule has 1 amide bonds. The third-order valence-corrected chi connectivity index (χ3v) is 5.43. The van der Waals surface area contributed by atoms with Crippen molar-refractivity contribution in [1.82, 2.24) is 15.5 Å². The normalized spacial score (nSPS) is 18.8. The summed E-state index contributed by atoms with van der Waals surface area (Å²) in [6.45, 7) is 9.74. The number of hydrogen-bond acceptors (Lipinski definition) is 4. The van der Waals surface area contributed by atoms with Crippen molar-refractivity contribution in [3.63, 3.8) is 0 Å². The number of carbonyl (C=O) groups is 1. The second kappa shape index (κ2) is 10.4. The van der Waals surface area contributed by atoms with Gasteiger partial charge in [0, 0.05) is 44.6 Å². The number of hydrogen-bond donors (Lipinski definition) is 2. The van der Waals surface area contributed by atoms with Crippen molar-refractivity contribution in [2.45, 2.75) is 45.1 Å². The number of likely N-dealkylation sites (tertiary alicyclic amines) is 1. The zero-order chi connectivity index (χ0) is 20.1. The van der Waals surface area contributed by atoms with Crippen molar-refractivity contribution >= 4 is 35.8 Å². The second-order valence-electron chi connectivity index (χ2n) is 7.99. The van der Waals surface area contributed by atoms with Gasteiger partial charge in [-0.25, -0.2) is 0 Å². The summed E-state index contributed by atoms with van der Waals surface area (Å²) in [7, 11) is 1.77. The lowest BCUT2D eigenvalue weighted by molar-refractivity contribution is -0.129. The van der Waals surface area contributed by atoms with Crippen LogP contribution in [0.5, 0.6) is 11.5 Å². The number of aliphatic imine (C=N–C) groups is 1. The van der Waals surface area contributed by atoms with E-state index in [1.807, 2.05) is 17.9 Å². The molecule has 0 aliphatic carbocycles. The van der Waals surface area contributed by atoms with E-state index in [-0.39, 0.29) is 41.3 Å².